The quantitative estimate of drug-likeness (QED) is 0.626. The number of amides is 2. The van der Waals surface area contributed by atoms with Crippen LogP contribution in [0.5, 0.6) is 11.5 Å². The van der Waals surface area contributed by atoms with Gasteiger partial charge in [-0.05, 0) is 62.6 Å². The van der Waals surface area contributed by atoms with Gasteiger partial charge in [-0.3, -0.25) is 9.59 Å². The lowest BCUT2D eigenvalue weighted by Crippen LogP contribution is -2.49. The maximum absolute atomic E-state index is 13.1. The minimum absolute atomic E-state index is 0.0106. The Kier molecular flexibility index (Phi) is 7.37. The van der Waals surface area contributed by atoms with Gasteiger partial charge in [-0.1, -0.05) is 34.1 Å². The molecule has 0 aromatic heterocycles. The lowest BCUT2D eigenvalue weighted by molar-refractivity contribution is -0.140. The first-order valence-electron chi connectivity index (χ1n) is 10.1. The van der Waals surface area contributed by atoms with E-state index in [1.807, 2.05) is 56.3 Å². The predicted molar refractivity (Wildman–Crippen MR) is 118 cm³/mol. The number of fused-ring (bicyclic) bond motifs is 1. The Bertz CT molecular complexity index is 916. The van der Waals surface area contributed by atoms with Gasteiger partial charge in [0.05, 0.1) is 0 Å². The fraction of sp³-hybridized carbons (Fsp3) is 0.391. The number of carbonyl (C=O) groups excluding carboxylic acids is 2. The van der Waals surface area contributed by atoms with Gasteiger partial charge < -0.3 is 19.7 Å². The topological polar surface area (TPSA) is 67.9 Å². The van der Waals surface area contributed by atoms with E-state index in [1.165, 1.54) is 0 Å². The molecular weight excluding hydrogens is 448 g/mol. The number of benzene rings is 2. The van der Waals surface area contributed by atoms with E-state index in [0.29, 0.717) is 25.1 Å². The van der Waals surface area contributed by atoms with Crippen molar-refractivity contribution in [3.05, 3.63) is 58.1 Å². The molecule has 2 amide bonds. The van der Waals surface area contributed by atoms with Crippen molar-refractivity contribution >= 4 is 27.7 Å². The third kappa shape index (κ3) is 5.75. The molecule has 1 atom stereocenters. The second-order valence-electron chi connectivity index (χ2n) is 7.68. The first kappa shape index (κ1) is 22.2. The van der Waals surface area contributed by atoms with Crippen molar-refractivity contribution in [3.8, 4) is 11.5 Å². The van der Waals surface area contributed by atoms with E-state index in [-0.39, 0.29) is 24.6 Å². The monoisotopic (exact) mass is 474 g/mol. The molecule has 7 heteroatoms. The molecule has 0 saturated heterocycles. The smallest absolute Gasteiger partial charge is 0.242 e. The lowest BCUT2D eigenvalue weighted by Gasteiger charge is -2.29. The minimum Gasteiger partial charge on any atom is -0.454 e. The fourth-order valence-corrected chi connectivity index (χ4v) is 3.76. The van der Waals surface area contributed by atoms with Gasteiger partial charge in [-0.2, -0.15) is 0 Å². The highest BCUT2D eigenvalue weighted by Gasteiger charge is 2.26. The number of carbonyl (C=O) groups is 2. The highest BCUT2D eigenvalue weighted by atomic mass is 79.9. The second-order valence-corrected chi connectivity index (χ2v) is 8.59. The second kappa shape index (κ2) is 9.98. The summed E-state index contributed by atoms with van der Waals surface area (Å²) in [5.74, 6) is 1.20. The van der Waals surface area contributed by atoms with Gasteiger partial charge in [-0.25, -0.2) is 0 Å². The molecule has 1 aliphatic rings. The zero-order valence-electron chi connectivity index (χ0n) is 17.5. The van der Waals surface area contributed by atoms with Crippen molar-refractivity contribution in [2.75, 3.05) is 6.79 Å². The van der Waals surface area contributed by atoms with Gasteiger partial charge in [0.2, 0.25) is 18.6 Å². The van der Waals surface area contributed by atoms with Gasteiger partial charge in [0.25, 0.3) is 0 Å². The molecule has 0 spiro atoms. The van der Waals surface area contributed by atoms with Crippen LogP contribution in [0.15, 0.2) is 46.9 Å². The van der Waals surface area contributed by atoms with Crippen LogP contribution in [0.25, 0.3) is 0 Å². The molecule has 6 nitrogen and oxygen atoms in total. The zero-order chi connectivity index (χ0) is 21.7. The summed E-state index contributed by atoms with van der Waals surface area (Å²) in [6.07, 6.45) is 0.857. The van der Waals surface area contributed by atoms with E-state index < -0.39 is 6.04 Å². The van der Waals surface area contributed by atoms with Crippen LogP contribution in [0.3, 0.4) is 0 Å². The van der Waals surface area contributed by atoms with Crippen molar-refractivity contribution in [2.24, 2.45) is 0 Å². The number of halogens is 1. The molecule has 0 saturated carbocycles. The normalized spacial score (nSPS) is 13.2. The summed E-state index contributed by atoms with van der Waals surface area (Å²) in [5.41, 5.74) is 1.96. The number of ether oxygens (including phenoxy) is 2. The van der Waals surface area contributed by atoms with E-state index in [2.05, 4.69) is 21.2 Å². The number of nitrogens with zero attached hydrogens (tertiary/aromatic N) is 1. The van der Waals surface area contributed by atoms with E-state index in [4.69, 9.17) is 9.47 Å². The summed E-state index contributed by atoms with van der Waals surface area (Å²) in [6.45, 7) is 6.18. The number of hydrogen-bond donors (Lipinski definition) is 1. The van der Waals surface area contributed by atoms with Crippen LogP contribution in [0.2, 0.25) is 0 Å². The molecule has 0 radical (unpaired) electrons. The Morgan fingerprint density at radius 2 is 1.83 bits per heavy atom. The molecule has 2 aromatic carbocycles. The summed E-state index contributed by atoms with van der Waals surface area (Å²) in [7, 11) is 0. The Morgan fingerprint density at radius 1 is 1.07 bits per heavy atom. The highest BCUT2D eigenvalue weighted by molar-refractivity contribution is 9.10. The first-order valence-corrected chi connectivity index (χ1v) is 10.9. The first-order chi connectivity index (χ1) is 14.3. The number of rotatable bonds is 8. The molecule has 2 aromatic rings. The van der Waals surface area contributed by atoms with E-state index in [1.54, 1.807) is 11.8 Å². The Balaban J connectivity index is 1.72. The summed E-state index contributed by atoms with van der Waals surface area (Å²) in [6, 6.07) is 12.9. The van der Waals surface area contributed by atoms with Crippen LogP contribution in [0.1, 0.15) is 38.3 Å². The fourth-order valence-electron chi connectivity index (χ4n) is 3.31. The van der Waals surface area contributed by atoms with Crippen LogP contribution < -0.4 is 14.8 Å². The molecule has 0 unspecified atom stereocenters. The summed E-state index contributed by atoms with van der Waals surface area (Å²) >= 11 is 3.47. The van der Waals surface area contributed by atoms with Crippen molar-refractivity contribution < 1.29 is 19.1 Å². The predicted octanol–water partition coefficient (Wildman–Crippen LogP) is 4.05. The highest BCUT2D eigenvalue weighted by Crippen LogP contribution is 2.32. The third-order valence-corrected chi connectivity index (χ3v) is 5.40. The average Bonchev–Trinajstić information content (AvgIpc) is 3.17. The Labute approximate surface area is 185 Å². The van der Waals surface area contributed by atoms with Crippen LogP contribution in [-0.2, 0) is 22.6 Å². The minimum atomic E-state index is -0.573. The van der Waals surface area contributed by atoms with Crippen LogP contribution >= 0.6 is 15.9 Å². The van der Waals surface area contributed by atoms with Gasteiger partial charge in [0, 0.05) is 23.5 Å². The number of hydrogen-bond acceptors (Lipinski definition) is 4. The maximum Gasteiger partial charge on any atom is 0.242 e. The van der Waals surface area contributed by atoms with Crippen molar-refractivity contribution in [3.63, 3.8) is 0 Å². The largest absolute Gasteiger partial charge is 0.454 e. The van der Waals surface area contributed by atoms with Crippen molar-refractivity contribution in [1.29, 1.82) is 0 Å². The Hall–Kier alpha value is -2.54. The SMILES string of the molecule is CC(C)NC(=O)[C@H](C)N(Cc1cccc(Br)c1)C(=O)CCc1ccc2c(c1)OCO2. The molecular formula is C23H27BrN2O4. The van der Waals surface area contributed by atoms with Crippen molar-refractivity contribution in [1.82, 2.24) is 10.2 Å². The third-order valence-electron chi connectivity index (χ3n) is 4.90. The molecule has 160 valence electrons. The molecule has 30 heavy (non-hydrogen) atoms. The molecule has 0 aliphatic carbocycles. The summed E-state index contributed by atoms with van der Waals surface area (Å²) in [4.78, 5) is 27.4. The van der Waals surface area contributed by atoms with Gasteiger partial charge in [0.15, 0.2) is 11.5 Å². The van der Waals surface area contributed by atoms with Crippen LogP contribution in [-0.4, -0.2) is 35.6 Å². The number of nitrogens with one attached hydrogen (secondary N) is 1. The van der Waals surface area contributed by atoms with Crippen molar-refractivity contribution in [2.45, 2.75) is 52.2 Å². The molecule has 1 N–H and O–H groups in total. The molecule has 0 fully saturated rings. The Morgan fingerprint density at radius 3 is 2.57 bits per heavy atom. The molecule has 1 aliphatic heterocycles. The van der Waals surface area contributed by atoms with E-state index >= 15 is 0 Å². The van der Waals surface area contributed by atoms with Crippen LogP contribution in [0.4, 0.5) is 0 Å². The molecule has 3 rings (SSSR count). The van der Waals surface area contributed by atoms with Gasteiger partial charge >= 0.3 is 0 Å². The van der Waals surface area contributed by atoms with Crippen LogP contribution in [0, 0.1) is 0 Å². The van der Waals surface area contributed by atoms with E-state index in [9.17, 15) is 9.59 Å². The lowest BCUT2D eigenvalue weighted by atomic mass is 10.1. The summed E-state index contributed by atoms with van der Waals surface area (Å²) < 4.78 is 11.7. The van der Waals surface area contributed by atoms with Gasteiger partial charge in [0.1, 0.15) is 6.04 Å². The number of aryl methyl sites for hydroxylation is 1. The van der Waals surface area contributed by atoms with Gasteiger partial charge in [-0.15, -0.1) is 0 Å². The zero-order valence-corrected chi connectivity index (χ0v) is 19.1. The standard InChI is InChI=1S/C23H27BrN2O4/c1-15(2)25-23(28)16(3)26(13-18-5-4-6-19(24)11-18)22(27)10-8-17-7-9-20-21(12-17)30-14-29-20/h4-7,9,11-12,15-16H,8,10,13-14H2,1-3H3,(H,25,28)/t16-/m0/s1. The summed E-state index contributed by atoms with van der Waals surface area (Å²) in [5, 5.41) is 2.90. The molecule has 0 bridgehead atoms. The molecule has 1 heterocycles. The van der Waals surface area contributed by atoms with E-state index in [0.717, 1.165) is 21.3 Å². The average molecular weight is 475 g/mol. The maximum atomic E-state index is 13.1.